The molecule has 2 amide bonds. The number of fused-ring (bicyclic) bond motifs is 1. The lowest BCUT2D eigenvalue weighted by Gasteiger charge is -2.30. The number of hydrogen-bond acceptors (Lipinski definition) is 5. The largest absolute Gasteiger partial charge is 0.459 e. The Labute approximate surface area is 183 Å². The van der Waals surface area contributed by atoms with Gasteiger partial charge < -0.3 is 14.6 Å². The molecule has 0 aliphatic carbocycles. The molecule has 0 unspecified atom stereocenters. The van der Waals surface area contributed by atoms with E-state index in [9.17, 15) is 9.59 Å². The fourth-order valence-electron chi connectivity index (χ4n) is 3.92. The third-order valence-electron chi connectivity index (χ3n) is 5.66. The number of carbonyl (C=O) groups is 2. The summed E-state index contributed by atoms with van der Waals surface area (Å²) in [5.74, 6) is 0.0499. The number of amides is 2. The van der Waals surface area contributed by atoms with Crippen molar-refractivity contribution in [3.8, 4) is 11.3 Å². The van der Waals surface area contributed by atoms with Crippen molar-refractivity contribution in [2.24, 2.45) is 5.92 Å². The zero-order valence-corrected chi connectivity index (χ0v) is 17.6. The number of furan rings is 1. The molecule has 2 aromatic carbocycles. The van der Waals surface area contributed by atoms with Crippen LogP contribution in [0, 0.1) is 5.92 Å². The molecular weight excluding hydrogens is 410 g/mol. The first-order valence-electron chi connectivity index (χ1n) is 10.3. The number of thiazole rings is 1. The van der Waals surface area contributed by atoms with Gasteiger partial charge in [0, 0.05) is 30.0 Å². The van der Waals surface area contributed by atoms with Crippen molar-refractivity contribution in [3.63, 3.8) is 0 Å². The summed E-state index contributed by atoms with van der Waals surface area (Å²) < 4.78 is 5.19. The summed E-state index contributed by atoms with van der Waals surface area (Å²) in [6.07, 6.45) is 2.75. The Morgan fingerprint density at radius 2 is 1.84 bits per heavy atom. The number of anilines is 1. The van der Waals surface area contributed by atoms with Crippen LogP contribution < -0.4 is 5.32 Å². The molecule has 2 aromatic heterocycles. The number of nitrogens with one attached hydrogen (secondary N) is 1. The molecule has 0 saturated carbocycles. The van der Waals surface area contributed by atoms with E-state index < -0.39 is 0 Å². The highest BCUT2D eigenvalue weighted by Crippen LogP contribution is 2.29. The monoisotopic (exact) mass is 431 g/mol. The highest BCUT2D eigenvalue weighted by atomic mass is 32.1. The molecule has 1 aliphatic heterocycles. The van der Waals surface area contributed by atoms with Crippen molar-refractivity contribution in [1.29, 1.82) is 0 Å². The van der Waals surface area contributed by atoms with Gasteiger partial charge in [0.15, 0.2) is 10.9 Å². The number of aromatic nitrogens is 1. The summed E-state index contributed by atoms with van der Waals surface area (Å²) in [6, 6.07) is 17.8. The van der Waals surface area contributed by atoms with E-state index in [1.54, 1.807) is 17.0 Å². The second kappa shape index (κ2) is 8.35. The number of rotatable bonds is 4. The SMILES string of the molecule is O=C(Nc1nc(-c2ccc3ccccc3c2)cs1)C1CCN(C(=O)c2ccco2)CC1. The first-order valence-corrected chi connectivity index (χ1v) is 11.1. The van der Waals surface area contributed by atoms with Gasteiger partial charge in [0.1, 0.15) is 0 Å². The summed E-state index contributed by atoms with van der Waals surface area (Å²) >= 11 is 1.43. The van der Waals surface area contributed by atoms with Crippen molar-refractivity contribution >= 4 is 39.1 Å². The van der Waals surface area contributed by atoms with Crippen LogP contribution in [-0.2, 0) is 4.79 Å². The zero-order chi connectivity index (χ0) is 21.2. The molecule has 0 atom stereocenters. The molecule has 4 aromatic rings. The van der Waals surface area contributed by atoms with E-state index in [1.165, 1.54) is 23.0 Å². The van der Waals surface area contributed by atoms with E-state index in [4.69, 9.17) is 4.42 Å². The van der Waals surface area contributed by atoms with E-state index in [1.807, 2.05) is 17.5 Å². The number of piperidine rings is 1. The molecule has 0 bridgehead atoms. The van der Waals surface area contributed by atoms with Crippen LogP contribution in [0.3, 0.4) is 0 Å². The number of nitrogens with zero attached hydrogens (tertiary/aromatic N) is 2. The first kappa shape index (κ1) is 19.5. The molecule has 1 saturated heterocycles. The van der Waals surface area contributed by atoms with Crippen molar-refractivity contribution in [3.05, 3.63) is 72.0 Å². The van der Waals surface area contributed by atoms with Gasteiger partial charge in [-0.1, -0.05) is 36.4 Å². The Morgan fingerprint density at radius 1 is 1.03 bits per heavy atom. The summed E-state index contributed by atoms with van der Waals surface area (Å²) in [4.78, 5) is 31.4. The van der Waals surface area contributed by atoms with Gasteiger partial charge in [-0.15, -0.1) is 11.3 Å². The van der Waals surface area contributed by atoms with Crippen LogP contribution in [0.25, 0.3) is 22.0 Å². The van der Waals surface area contributed by atoms with E-state index in [0.29, 0.717) is 36.8 Å². The standard InChI is InChI=1S/C24H21N3O3S/c28-22(17-9-11-27(12-10-17)23(29)21-6-3-13-30-21)26-24-25-20(15-31-24)19-8-7-16-4-1-2-5-18(16)14-19/h1-8,13-15,17H,9-12H2,(H,25,26,28). The Hall–Kier alpha value is -3.45. The number of carbonyl (C=O) groups excluding carboxylic acids is 2. The third kappa shape index (κ3) is 4.09. The predicted octanol–water partition coefficient (Wildman–Crippen LogP) is 5.05. The van der Waals surface area contributed by atoms with Gasteiger partial charge >= 0.3 is 0 Å². The zero-order valence-electron chi connectivity index (χ0n) is 16.8. The predicted molar refractivity (Wildman–Crippen MR) is 121 cm³/mol. The van der Waals surface area contributed by atoms with Crippen LogP contribution in [0.1, 0.15) is 23.4 Å². The minimum absolute atomic E-state index is 0.0375. The van der Waals surface area contributed by atoms with Gasteiger partial charge in [-0.2, -0.15) is 0 Å². The average Bonchev–Trinajstić information content (AvgIpc) is 3.51. The molecular formula is C24H21N3O3S. The maximum Gasteiger partial charge on any atom is 0.289 e. The topological polar surface area (TPSA) is 75.4 Å². The molecule has 1 fully saturated rings. The summed E-state index contributed by atoms with van der Waals surface area (Å²) in [5, 5.41) is 7.87. The molecule has 6 nitrogen and oxygen atoms in total. The third-order valence-corrected chi connectivity index (χ3v) is 6.42. The lowest BCUT2D eigenvalue weighted by molar-refractivity contribution is -0.121. The molecule has 7 heteroatoms. The Bertz CT molecular complexity index is 1220. The highest BCUT2D eigenvalue weighted by molar-refractivity contribution is 7.14. The van der Waals surface area contributed by atoms with Crippen LogP contribution in [0.2, 0.25) is 0 Å². The maximum atomic E-state index is 12.7. The van der Waals surface area contributed by atoms with Crippen molar-refractivity contribution < 1.29 is 14.0 Å². The number of benzene rings is 2. The number of hydrogen-bond donors (Lipinski definition) is 1. The lowest BCUT2D eigenvalue weighted by atomic mass is 9.96. The van der Waals surface area contributed by atoms with Gasteiger partial charge in [-0.3, -0.25) is 9.59 Å². The van der Waals surface area contributed by atoms with Crippen LogP contribution in [-0.4, -0.2) is 34.8 Å². The summed E-state index contributed by atoms with van der Waals surface area (Å²) in [7, 11) is 0. The molecule has 5 rings (SSSR count). The fraction of sp³-hybridized carbons (Fsp3) is 0.208. The summed E-state index contributed by atoms with van der Waals surface area (Å²) in [6.45, 7) is 1.08. The average molecular weight is 432 g/mol. The van der Waals surface area contributed by atoms with E-state index in [2.05, 4.69) is 40.6 Å². The highest BCUT2D eigenvalue weighted by Gasteiger charge is 2.29. The van der Waals surface area contributed by atoms with Crippen LogP contribution in [0.5, 0.6) is 0 Å². The van der Waals surface area contributed by atoms with Crippen LogP contribution in [0.15, 0.2) is 70.7 Å². The second-order valence-corrected chi connectivity index (χ2v) is 8.49. The second-order valence-electron chi connectivity index (χ2n) is 7.63. The minimum atomic E-state index is -0.131. The van der Waals surface area contributed by atoms with E-state index in [0.717, 1.165) is 16.6 Å². The maximum absolute atomic E-state index is 12.7. The summed E-state index contributed by atoms with van der Waals surface area (Å²) in [5.41, 5.74) is 1.88. The lowest BCUT2D eigenvalue weighted by Crippen LogP contribution is -2.41. The minimum Gasteiger partial charge on any atom is -0.459 e. The molecule has 31 heavy (non-hydrogen) atoms. The van der Waals surface area contributed by atoms with Crippen LogP contribution >= 0.6 is 11.3 Å². The Morgan fingerprint density at radius 3 is 2.61 bits per heavy atom. The fourth-order valence-corrected chi connectivity index (χ4v) is 4.64. The molecule has 1 N–H and O–H groups in total. The van der Waals surface area contributed by atoms with Crippen molar-refractivity contribution in [1.82, 2.24) is 9.88 Å². The molecule has 156 valence electrons. The van der Waals surface area contributed by atoms with Crippen molar-refractivity contribution in [2.75, 3.05) is 18.4 Å². The van der Waals surface area contributed by atoms with E-state index >= 15 is 0 Å². The molecule has 0 spiro atoms. The molecule has 3 heterocycles. The Kier molecular flexibility index (Phi) is 5.26. The molecule has 1 aliphatic rings. The first-order chi connectivity index (χ1) is 15.2. The van der Waals surface area contributed by atoms with Gasteiger partial charge in [-0.05, 0) is 41.8 Å². The van der Waals surface area contributed by atoms with E-state index in [-0.39, 0.29) is 17.7 Å². The van der Waals surface area contributed by atoms with Gasteiger partial charge in [0.2, 0.25) is 5.91 Å². The molecule has 0 radical (unpaired) electrons. The smallest absolute Gasteiger partial charge is 0.289 e. The van der Waals surface area contributed by atoms with Crippen LogP contribution in [0.4, 0.5) is 5.13 Å². The van der Waals surface area contributed by atoms with Crippen molar-refractivity contribution in [2.45, 2.75) is 12.8 Å². The van der Waals surface area contributed by atoms with Gasteiger partial charge in [-0.25, -0.2) is 4.98 Å². The van der Waals surface area contributed by atoms with Gasteiger partial charge in [0.05, 0.1) is 12.0 Å². The quantitative estimate of drug-likeness (QED) is 0.491. The normalized spacial score (nSPS) is 14.6. The van der Waals surface area contributed by atoms with Gasteiger partial charge in [0.25, 0.3) is 5.91 Å². The number of likely N-dealkylation sites (tertiary alicyclic amines) is 1. The Balaban J connectivity index is 1.20.